The van der Waals surface area contributed by atoms with E-state index in [2.05, 4.69) is 88.7 Å². The standard InChI is InChI=1S/C47H58N10O5/c1-31-40(28-48-44-42(31)57(25-26-61-44)46(60)62-47(2,3)4)56-20-17-34-27-49-45(51-39(34)30-56)50-35-7-11-37(12-8-35)54-18-15-32(16-19-54)29-53-21-23-55(24-22-53)36-9-5-33(6-10-36)38-13-14-41(58)52-43(38)59/h5-12,27-28,32,38H,13-26,29-30H2,1-4H3,(H,49,50,51)(H,52,58,59). The van der Waals surface area contributed by atoms with Crippen LogP contribution in [0.2, 0.25) is 0 Å². The first-order chi connectivity index (χ1) is 29.9. The SMILES string of the molecule is Cc1c(N2CCc3cnc(Nc4ccc(N5CCC(CN6CCN(c7ccc(C8CCC(=O)NC8=O)cc7)CC6)CC5)cc4)nc3C2)cnc2c1N(C(=O)OC(C)(C)C)CCO2. The number of piperidine rings is 2. The summed E-state index contributed by atoms with van der Waals surface area (Å²) in [6, 6.07) is 17.0. The summed E-state index contributed by atoms with van der Waals surface area (Å²) < 4.78 is 11.6. The van der Waals surface area contributed by atoms with Crippen molar-refractivity contribution in [2.45, 2.75) is 77.9 Å². The van der Waals surface area contributed by atoms with E-state index in [9.17, 15) is 14.4 Å². The zero-order chi connectivity index (χ0) is 43.0. The van der Waals surface area contributed by atoms with E-state index in [4.69, 9.17) is 14.5 Å². The van der Waals surface area contributed by atoms with Gasteiger partial charge in [0.05, 0.1) is 36.6 Å². The van der Waals surface area contributed by atoms with Crippen LogP contribution in [0.1, 0.15) is 74.8 Å². The molecule has 0 spiro atoms. The minimum absolute atomic E-state index is 0.177. The van der Waals surface area contributed by atoms with Gasteiger partial charge in [0, 0.05) is 87.6 Å². The molecule has 1 unspecified atom stereocenters. The number of nitrogens with zero attached hydrogens (tertiary/aromatic N) is 8. The van der Waals surface area contributed by atoms with Gasteiger partial charge >= 0.3 is 6.09 Å². The minimum atomic E-state index is -0.613. The third kappa shape index (κ3) is 9.13. The normalized spacial score (nSPS) is 20.0. The van der Waals surface area contributed by atoms with Crippen molar-refractivity contribution in [3.8, 4) is 5.88 Å². The molecular weight excluding hydrogens is 785 g/mol. The van der Waals surface area contributed by atoms with E-state index in [1.54, 1.807) is 4.90 Å². The molecular formula is C47H58N10O5. The Morgan fingerprint density at radius 1 is 0.839 bits per heavy atom. The van der Waals surface area contributed by atoms with Gasteiger partial charge < -0.3 is 29.5 Å². The number of carbonyl (C=O) groups excluding carboxylic acids is 3. The van der Waals surface area contributed by atoms with Crippen molar-refractivity contribution in [3.63, 3.8) is 0 Å². The summed E-state index contributed by atoms with van der Waals surface area (Å²) in [5, 5.41) is 5.90. The first-order valence-electron chi connectivity index (χ1n) is 22.2. The molecule has 2 N–H and O–H groups in total. The molecule has 0 aliphatic carbocycles. The van der Waals surface area contributed by atoms with E-state index in [0.29, 0.717) is 56.0 Å². The Morgan fingerprint density at radius 3 is 2.26 bits per heavy atom. The molecule has 15 nitrogen and oxygen atoms in total. The number of hydrogen-bond donors (Lipinski definition) is 2. The van der Waals surface area contributed by atoms with Crippen molar-refractivity contribution < 1.29 is 23.9 Å². The lowest BCUT2D eigenvalue weighted by Crippen LogP contribution is -2.49. The van der Waals surface area contributed by atoms with Crippen molar-refractivity contribution >= 4 is 52.3 Å². The number of aromatic nitrogens is 3. The molecule has 15 heteroatoms. The third-order valence-corrected chi connectivity index (χ3v) is 12.9. The molecule has 2 aromatic heterocycles. The molecule has 5 aliphatic rings. The number of pyridine rings is 1. The molecule has 7 heterocycles. The zero-order valence-corrected chi connectivity index (χ0v) is 36.4. The van der Waals surface area contributed by atoms with Gasteiger partial charge in [0.25, 0.3) is 0 Å². The number of hydrogen-bond acceptors (Lipinski definition) is 13. The second-order valence-electron chi connectivity index (χ2n) is 18.2. The van der Waals surface area contributed by atoms with Gasteiger partial charge in [0.15, 0.2) is 0 Å². The van der Waals surface area contributed by atoms with Crippen LogP contribution in [0.25, 0.3) is 0 Å². The highest BCUT2D eigenvalue weighted by molar-refractivity contribution is 6.01. The molecule has 2 aromatic carbocycles. The number of benzene rings is 2. The number of nitrogens with one attached hydrogen (secondary N) is 2. The van der Waals surface area contributed by atoms with Crippen LogP contribution in [0.15, 0.2) is 60.9 Å². The fourth-order valence-electron chi connectivity index (χ4n) is 9.46. The first kappa shape index (κ1) is 41.4. The molecule has 0 saturated carbocycles. The third-order valence-electron chi connectivity index (χ3n) is 12.9. The Labute approximate surface area is 363 Å². The van der Waals surface area contributed by atoms with Crippen molar-refractivity contribution in [2.24, 2.45) is 5.92 Å². The van der Waals surface area contributed by atoms with Crippen molar-refractivity contribution in [1.29, 1.82) is 0 Å². The summed E-state index contributed by atoms with van der Waals surface area (Å²) in [5.74, 6) is 1.10. The van der Waals surface area contributed by atoms with Gasteiger partial charge in [-0.05, 0) is 107 Å². The second kappa shape index (κ2) is 17.4. The van der Waals surface area contributed by atoms with E-state index < -0.39 is 11.7 Å². The predicted octanol–water partition coefficient (Wildman–Crippen LogP) is 6.18. The summed E-state index contributed by atoms with van der Waals surface area (Å²) in [4.78, 5) is 62.8. The van der Waals surface area contributed by atoms with Crippen molar-refractivity contribution in [2.75, 3.05) is 90.4 Å². The number of imide groups is 1. The number of anilines is 6. The highest BCUT2D eigenvalue weighted by Gasteiger charge is 2.33. The summed E-state index contributed by atoms with van der Waals surface area (Å²) in [5.41, 5.74) is 8.35. The van der Waals surface area contributed by atoms with Crippen molar-refractivity contribution in [3.05, 3.63) is 83.3 Å². The van der Waals surface area contributed by atoms with Crippen LogP contribution in [-0.2, 0) is 27.3 Å². The van der Waals surface area contributed by atoms with Crippen LogP contribution in [0.3, 0.4) is 0 Å². The molecule has 3 saturated heterocycles. The number of piperazine rings is 1. The fourth-order valence-corrected chi connectivity index (χ4v) is 9.46. The topological polar surface area (TPSA) is 149 Å². The Balaban J connectivity index is 0.747. The predicted molar refractivity (Wildman–Crippen MR) is 240 cm³/mol. The van der Waals surface area contributed by atoms with E-state index in [-0.39, 0.29) is 17.7 Å². The van der Waals surface area contributed by atoms with Crippen LogP contribution in [0.4, 0.5) is 39.2 Å². The largest absolute Gasteiger partial charge is 0.474 e. The quantitative estimate of drug-likeness (QED) is 0.195. The van der Waals surface area contributed by atoms with Crippen LogP contribution in [0, 0.1) is 12.8 Å². The van der Waals surface area contributed by atoms with Crippen LogP contribution < -0.4 is 35.0 Å². The van der Waals surface area contributed by atoms with E-state index in [1.807, 2.05) is 40.1 Å². The minimum Gasteiger partial charge on any atom is -0.474 e. The number of carbonyl (C=O) groups is 3. The maximum Gasteiger partial charge on any atom is 0.415 e. The number of ether oxygens (including phenoxy) is 2. The average Bonchev–Trinajstić information content (AvgIpc) is 3.26. The number of fused-ring (bicyclic) bond motifs is 2. The lowest BCUT2D eigenvalue weighted by atomic mass is 9.90. The average molecular weight is 843 g/mol. The van der Waals surface area contributed by atoms with Crippen LogP contribution >= 0.6 is 0 Å². The molecule has 0 bridgehead atoms. The summed E-state index contributed by atoms with van der Waals surface area (Å²) in [6.45, 7) is 17.1. The van der Waals surface area contributed by atoms with Gasteiger partial charge in [0.1, 0.15) is 17.9 Å². The molecule has 62 heavy (non-hydrogen) atoms. The molecule has 3 fully saturated rings. The van der Waals surface area contributed by atoms with Gasteiger partial charge in [0.2, 0.25) is 23.6 Å². The van der Waals surface area contributed by atoms with E-state index >= 15 is 0 Å². The number of rotatable bonds is 8. The molecule has 5 aliphatic heterocycles. The van der Waals surface area contributed by atoms with Crippen LogP contribution in [0.5, 0.6) is 5.88 Å². The molecule has 1 atom stereocenters. The maximum atomic E-state index is 13.2. The van der Waals surface area contributed by atoms with Crippen molar-refractivity contribution in [1.82, 2.24) is 25.2 Å². The van der Waals surface area contributed by atoms with Gasteiger partial charge in [-0.3, -0.25) is 24.7 Å². The van der Waals surface area contributed by atoms with Gasteiger partial charge in [-0.15, -0.1) is 0 Å². The Morgan fingerprint density at radius 2 is 1.55 bits per heavy atom. The molecule has 0 radical (unpaired) electrons. The zero-order valence-electron chi connectivity index (χ0n) is 36.4. The fraction of sp³-hybridized carbons (Fsp3) is 0.489. The monoisotopic (exact) mass is 842 g/mol. The van der Waals surface area contributed by atoms with Gasteiger partial charge in [-0.2, -0.15) is 0 Å². The van der Waals surface area contributed by atoms with Gasteiger partial charge in [-0.1, -0.05) is 12.1 Å². The molecule has 4 aromatic rings. The number of amides is 3. The maximum absolute atomic E-state index is 13.2. The lowest BCUT2D eigenvalue weighted by Gasteiger charge is -2.40. The Kier molecular flexibility index (Phi) is 11.6. The summed E-state index contributed by atoms with van der Waals surface area (Å²) >= 11 is 0. The summed E-state index contributed by atoms with van der Waals surface area (Å²) in [7, 11) is 0. The van der Waals surface area contributed by atoms with E-state index in [0.717, 1.165) is 92.5 Å². The Hall–Kier alpha value is -5.96. The smallest absolute Gasteiger partial charge is 0.415 e. The highest BCUT2D eigenvalue weighted by atomic mass is 16.6. The van der Waals surface area contributed by atoms with Gasteiger partial charge in [-0.25, -0.2) is 19.7 Å². The summed E-state index contributed by atoms with van der Waals surface area (Å²) in [6.07, 6.45) is 7.50. The van der Waals surface area contributed by atoms with E-state index in [1.165, 1.54) is 24.2 Å². The molecule has 326 valence electrons. The van der Waals surface area contributed by atoms with Crippen LogP contribution in [-0.4, -0.2) is 109 Å². The molecule has 3 amide bonds. The highest BCUT2D eigenvalue weighted by Crippen LogP contribution is 2.40. The Bertz CT molecular complexity index is 2280. The molecule has 9 rings (SSSR count). The lowest BCUT2D eigenvalue weighted by molar-refractivity contribution is -0.134. The second-order valence-corrected chi connectivity index (χ2v) is 18.2. The first-order valence-corrected chi connectivity index (χ1v) is 22.2.